The zero-order valence-electron chi connectivity index (χ0n) is 13.0. The van der Waals surface area contributed by atoms with Crippen LogP contribution in [0.1, 0.15) is 32.3 Å². The minimum Gasteiger partial charge on any atom is -0.396 e. The Hall–Kier alpha value is -1.62. The van der Waals surface area contributed by atoms with E-state index in [9.17, 15) is 9.18 Å². The van der Waals surface area contributed by atoms with Crippen molar-refractivity contribution in [3.8, 4) is 0 Å². The van der Waals surface area contributed by atoms with E-state index in [0.29, 0.717) is 13.1 Å². The fourth-order valence-electron chi connectivity index (χ4n) is 1.96. The largest absolute Gasteiger partial charge is 0.396 e. The Morgan fingerprint density at radius 1 is 1.43 bits per heavy atom. The summed E-state index contributed by atoms with van der Waals surface area (Å²) >= 11 is 0. The van der Waals surface area contributed by atoms with Crippen LogP contribution in [0.5, 0.6) is 0 Å². The third-order valence-corrected chi connectivity index (χ3v) is 3.39. The monoisotopic (exact) mass is 296 g/mol. The zero-order valence-corrected chi connectivity index (χ0v) is 13.0. The summed E-state index contributed by atoms with van der Waals surface area (Å²) in [4.78, 5) is 13.4. The first-order valence-corrected chi connectivity index (χ1v) is 7.18. The first kappa shape index (κ1) is 17.4. The van der Waals surface area contributed by atoms with Gasteiger partial charge in [0.25, 0.3) is 0 Å². The number of halogens is 1. The summed E-state index contributed by atoms with van der Waals surface area (Å²) in [6.07, 6.45) is 1.66. The van der Waals surface area contributed by atoms with Crippen LogP contribution in [-0.2, 0) is 6.54 Å². The van der Waals surface area contributed by atoms with Crippen molar-refractivity contribution in [2.75, 3.05) is 20.2 Å². The molecule has 2 N–H and O–H groups in total. The Balaban J connectivity index is 2.32. The highest BCUT2D eigenvalue weighted by Gasteiger charge is 2.16. The summed E-state index contributed by atoms with van der Waals surface area (Å²) in [5, 5.41) is 12.0. The minimum atomic E-state index is -0.299. The second kappa shape index (κ2) is 7.98. The maximum absolute atomic E-state index is 13.1. The third kappa shape index (κ3) is 6.58. The lowest BCUT2D eigenvalue weighted by Crippen LogP contribution is -2.37. The Morgan fingerprint density at radius 3 is 2.76 bits per heavy atom. The molecule has 0 radical (unpaired) electrons. The molecule has 21 heavy (non-hydrogen) atoms. The van der Waals surface area contributed by atoms with E-state index < -0.39 is 0 Å². The quantitative estimate of drug-likeness (QED) is 0.760. The molecular weight excluding hydrogens is 271 g/mol. The summed E-state index contributed by atoms with van der Waals surface area (Å²) in [6, 6.07) is 6.05. The second-order valence-corrected chi connectivity index (χ2v) is 6.14. The highest BCUT2D eigenvalue weighted by Crippen LogP contribution is 2.20. The standard InChI is InChI=1S/C16H25FN2O2/c1-16(2,12-20)8-5-9-18-15(21)19(3)11-13-6-4-7-14(17)10-13/h4,6-7,10,20H,5,8-9,11-12H2,1-3H3,(H,18,21). The van der Waals surface area contributed by atoms with Crippen molar-refractivity contribution in [3.05, 3.63) is 35.6 Å². The number of aliphatic hydroxyl groups excluding tert-OH is 1. The predicted molar refractivity (Wildman–Crippen MR) is 81.4 cm³/mol. The molecule has 0 saturated heterocycles. The van der Waals surface area contributed by atoms with Crippen molar-refractivity contribution in [2.24, 2.45) is 5.41 Å². The summed E-state index contributed by atoms with van der Waals surface area (Å²) in [7, 11) is 1.68. The number of hydrogen-bond donors (Lipinski definition) is 2. The van der Waals surface area contributed by atoms with E-state index in [1.54, 1.807) is 19.2 Å². The van der Waals surface area contributed by atoms with E-state index in [4.69, 9.17) is 5.11 Å². The van der Waals surface area contributed by atoms with E-state index >= 15 is 0 Å². The van der Waals surface area contributed by atoms with Crippen LogP contribution >= 0.6 is 0 Å². The Morgan fingerprint density at radius 2 is 2.14 bits per heavy atom. The van der Waals surface area contributed by atoms with E-state index in [2.05, 4.69) is 5.32 Å². The van der Waals surface area contributed by atoms with E-state index in [-0.39, 0.29) is 23.9 Å². The van der Waals surface area contributed by atoms with Crippen LogP contribution in [0.25, 0.3) is 0 Å². The molecule has 0 unspecified atom stereocenters. The van der Waals surface area contributed by atoms with Crippen LogP contribution in [0.3, 0.4) is 0 Å². The molecular formula is C16H25FN2O2. The number of benzene rings is 1. The average Bonchev–Trinajstić information content (AvgIpc) is 2.43. The van der Waals surface area contributed by atoms with Gasteiger partial charge in [-0.25, -0.2) is 9.18 Å². The molecule has 0 atom stereocenters. The van der Waals surface area contributed by atoms with E-state index in [0.717, 1.165) is 18.4 Å². The van der Waals surface area contributed by atoms with Crippen molar-refractivity contribution in [2.45, 2.75) is 33.2 Å². The average molecular weight is 296 g/mol. The Kier molecular flexibility index (Phi) is 6.62. The van der Waals surface area contributed by atoms with Gasteiger partial charge in [0.2, 0.25) is 0 Å². The number of amides is 2. The normalized spacial score (nSPS) is 11.3. The molecule has 0 spiro atoms. The van der Waals surface area contributed by atoms with Crippen LogP contribution in [0.2, 0.25) is 0 Å². The minimum absolute atomic E-state index is 0.113. The van der Waals surface area contributed by atoms with Gasteiger partial charge in [-0.3, -0.25) is 0 Å². The molecule has 118 valence electrons. The molecule has 2 amide bonds. The smallest absolute Gasteiger partial charge is 0.317 e. The van der Waals surface area contributed by atoms with Crippen LogP contribution in [0.15, 0.2) is 24.3 Å². The molecule has 0 aliphatic carbocycles. The van der Waals surface area contributed by atoms with Gasteiger partial charge < -0.3 is 15.3 Å². The van der Waals surface area contributed by atoms with Gasteiger partial charge in [-0.05, 0) is 36.0 Å². The molecule has 0 aliphatic rings. The maximum Gasteiger partial charge on any atom is 0.317 e. The van der Waals surface area contributed by atoms with Crippen LogP contribution in [-0.4, -0.2) is 36.2 Å². The van der Waals surface area contributed by atoms with Gasteiger partial charge in [0.15, 0.2) is 0 Å². The molecule has 5 heteroatoms. The summed E-state index contributed by atoms with van der Waals surface area (Å²) in [5.41, 5.74) is 0.645. The molecule has 0 bridgehead atoms. The number of hydrogen-bond acceptors (Lipinski definition) is 2. The van der Waals surface area contributed by atoms with Gasteiger partial charge in [-0.1, -0.05) is 26.0 Å². The maximum atomic E-state index is 13.1. The molecule has 4 nitrogen and oxygen atoms in total. The molecule has 0 aliphatic heterocycles. The lowest BCUT2D eigenvalue weighted by atomic mass is 9.89. The van der Waals surface area contributed by atoms with Crippen molar-refractivity contribution >= 4 is 6.03 Å². The summed E-state index contributed by atoms with van der Waals surface area (Å²) < 4.78 is 13.1. The number of aliphatic hydroxyl groups is 1. The predicted octanol–water partition coefficient (Wildman–Crippen LogP) is 2.77. The van der Waals surface area contributed by atoms with Crippen molar-refractivity contribution in [1.29, 1.82) is 0 Å². The van der Waals surface area contributed by atoms with Crippen LogP contribution in [0, 0.1) is 11.2 Å². The summed E-state index contributed by atoms with van der Waals surface area (Å²) in [6.45, 7) is 5.05. The van der Waals surface area contributed by atoms with Gasteiger partial charge in [0.05, 0.1) is 0 Å². The number of nitrogens with zero attached hydrogens (tertiary/aromatic N) is 1. The van der Waals surface area contributed by atoms with Gasteiger partial charge in [-0.15, -0.1) is 0 Å². The fraction of sp³-hybridized carbons (Fsp3) is 0.562. The highest BCUT2D eigenvalue weighted by atomic mass is 19.1. The van der Waals surface area contributed by atoms with Crippen LogP contribution in [0.4, 0.5) is 9.18 Å². The lowest BCUT2D eigenvalue weighted by Gasteiger charge is -2.22. The van der Waals surface area contributed by atoms with Crippen molar-refractivity contribution in [1.82, 2.24) is 10.2 Å². The highest BCUT2D eigenvalue weighted by molar-refractivity contribution is 5.73. The molecule has 1 rings (SSSR count). The van der Waals surface area contributed by atoms with Gasteiger partial charge in [-0.2, -0.15) is 0 Å². The molecule has 0 fully saturated rings. The molecule has 1 aromatic rings. The number of carbonyl (C=O) groups is 1. The van der Waals surface area contributed by atoms with Crippen LogP contribution < -0.4 is 5.32 Å². The number of carbonyl (C=O) groups excluding carboxylic acids is 1. The van der Waals surface area contributed by atoms with Gasteiger partial charge in [0, 0.05) is 26.7 Å². The second-order valence-electron chi connectivity index (χ2n) is 6.14. The SMILES string of the molecule is CN(Cc1cccc(F)c1)C(=O)NCCCC(C)(C)CO. The lowest BCUT2D eigenvalue weighted by molar-refractivity contribution is 0.147. The molecule has 0 heterocycles. The van der Waals surface area contributed by atoms with E-state index in [1.165, 1.54) is 17.0 Å². The first-order valence-electron chi connectivity index (χ1n) is 7.18. The Labute approximate surface area is 126 Å². The van der Waals surface area contributed by atoms with Crippen molar-refractivity contribution in [3.63, 3.8) is 0 Å². The zero-order chi connectivity index (χ0) is 15.9. The Bertz CT molecular complexity index is 463. The number of nitrogens with one attached hydrogen (secondary N) is 1. The van der Waals surface area contributed by atoms with E-state index in [1.807, 2.05) is 13.8 Å². The van der Waals surface area contributed by atoms with Crippen molar-refractivity contribution < 1.29 is 14.3 Å². The fourth-order valence-corrected chi connectivity index (χ4v) is 1.96. The molecule has 0 aromatic heterocycles. The topological polar surface area (TPSA) is 52.6 Å². The van der Waals surface area contributed by atoms with Gasteiger partial charge in [0.1, 0.15) is 5.82 Å². The first-order chi connectivity index (χ1) is 9.84. The number of urea groups is 1. The number of rotatable bonds is 7. The molecule has 0 saturated carbocycles. The summed E-state index contributed by atoms with van der Waals surface area (Å²) in [5.74, 6) is -0.299. The third-order valence-electron chi connectivity index (χ3n) is 3.39. The molecule has 1 aromatic carbocycles. The van der Waals surface area contributed by atoms with Gasteiger partial charge >= 0.3 is 6.03 Å².